The van der Waals surface area contributed by atoms with Crippen molar-refractivity contribution < 1.29 is 9.53 Å². The lowest BCUT2D eigenvalue weighted by Crippen LogP contribution is -2.39. The molecule has 0 N–H and O–H groups in total. The molecule has 0 saturated carbocycles. The number of hydrogen-bond donors (Lipinski definition) is 0. The molecule has 0 radical (unpaired) electrons. The lowest BCUT2D eigenvalue weighted by Gasteiger charge is -2.24. The third kappa shape index (κ3) is 3.87. The highest BCUT2D eigenvalue weighted by Crippen LogP contribution is 2.33. The van der Waals surface area contributed by atoms with Crippen LogP contribution in [0.1, 0.15) is 37.3 Å². The Morgan fingerprint density at radius 3 is 2.67 bits per heavy atom. The summed E-state index contributed by atoms with van der Waals surface area (Å²) in [7, 11) is 0. The second kappa shape index (κ2) is 8.57. The average molecular weight is 475 g/mol. The summed E-state index contributed by atoms with van der Waals surface area (Å²) in [4.78, 5) is 32.8. The van der Waals surface area contributed by atoms with E-state index in [1.807, 2.05) is 61.7 Å². The van der Waals surface area contributed by atoms with E-state index < -0.39 is 12.0 Å². The van der Waals surface area contributed by atoms with Gasteiger partial charge in [-0.3, -0.25) is 9.36 Å². The van der Waals surface area contributed by atoms with E-state index in [9.17, 15) is 9.59 Å². The molecule has 5 nitrogen and oxygen atoms in total. The van der Waals surface area contributed by atoms with Crippen molar-refractivity contribution in [2.45, 2.75) is 32.9 Å². The minimum atomic E-state index is -0.554. The Kier molecular flexibility index (Phi) is 5.60. The van der Waals surface area contributed by atoms with E-state index in [2.05, 4.69) is 23.2 Å². The van der Waals surface area contributed by atoms with Crippen molar-refractivity contribution in [2.24, 2.45) is 4.99 Å². The molecule has 2 aromatic heterocycles. The number of rotatable bonds is 4. The molecule has 3 heterocycles. The molecule has 33 heavy (non-hydrogen) atoms. The fourth-order valence-corrected chi connectivity index (χ4v) is 5.95. The molecule has 0 amide bonds. The fraction of sp³-hybridized carbons (Fsp3) is 0.192. The Morgan fingerprint density at radius 1 is 1.12 bits per heavy atom. The monoisotopic (exact) mass is 474 g/mol. The predicted molar refractivity (Wildman–Crippen MR) is 133 cm³/mol. The molecule has 1 aliphatic heterocycles. The van der Waals surface area contributed by atoms with Crippen molar-refractivity contribution >= 4 is 45.5 Å². The van der Waals surface area contributed by atoms with Crippen LogP contribution in [0.25, 0.3) is 16.8 Å². The van der Waals surface area contributed by atoms with Crippen molar-refractivity contribution in [3.05, 3.63) is 101 Å². The minimum Gasteiger partial charge on any atom is -0.459 e. The maximum atomic E-state index is 13.7. The summed E-state index contributed by atoms with van der Waals surface area (Å²) in [6.07, 6.45) is 1.65. The standard InChI is InChI=1S/C26H22N2O3S2/c1-15(2)31-25(30)22-16(3)27-26-28(23(22)20-12-7-13-32-20)24(29)21(33-26)14-18-10-6-9-17-8-4-5-11-19(17)18/h4-15,23H,1-3H3. The van der Waals surface area contributed by atoms with Crippen LogP contribution >= 0.6 is 22.7 Å². The summed E-state index contributed by atoms with van der Waals surface area (Å²) in [6, 6.07) is 17.5. The number of benzene rings is 2. The molecule has 7 heteroatoms. The molecule has 0 fully saturated rings. The van der Waals surface area contributed by atoms with E-state index >= 15 is 0 Å². The van der Waals surface area contributed by atoms with Gasteiger partial charge in [-0.25, -0.2) is 9.79 Å². The van der Waals surface area contributed by atoms with Crippen LogP contribution in [0, 0.1) is 0 Å². The molecule has 1 atom stereocenters. The number of esters is 1. The Labute approximate surface area is 198 Å². The Bertz CT molecular complexity index is 1570. The lowest BCUT2D eigenvalue weighted by atomic mass is 10.0. The SMILES string of the molecule is CC1=C(C(=O)OC(C)C)C(c2cccs2)n2c(sc(=Cc3cccc4ccccc34)c2=O)=N1. The Morgan fingerprint density at radius 2 is 1.91 bits per heavy atom. The van der Waals surface area contributed by atoms with Gasteiger partial charge in [0, 0.05) is 4.88 Å². The molecule has 0 saturated heterocycles. The summed E-state index contributed by atoms with van der Waals surface area (Å²) in [5.74, 6) is -0.437. The van der Waals surface area contributed by atoms with E-state index in [0.29, 0.717) is 20.6 Å². The Hall–Kier alpha value is -3.29. The van der Waals surface area contributed by atoms with Gasteiger partial charge >= 0.3 is 5.97 Å². The van der Waals surface area contributed by atoms with Crippen molar-refractivity contribution in [3.63, 3.8) is 0 Å². The summed E-state index contributed by atoms with van der Waals surface area (Å²) in [5.41, 5.74) is 1.81. The number of thiophene rings is 1. The highest BCUT2D eigenvalue weighted by atomic mass is 32.1. The second-order valence-electron chi connectivity index (χ2n) is 8.12. The third-order valence-corrected chi connectivity index (χ3v) is 7.41. The quantitative estimate of drug-likeness (QED) is 0.412. The van der Waals surface area contributed by atoms with Gasteiger partial charge in [0.25, 0.3) is 5.56 Å². The van der Waals surface area contributed by atoms with Crippen LogP contribution in [0.15, 0.2) is 81.0 Å². The molecule has 5 rings (SSSR count). The minimum absolute atomic E-state index is 0.160. The number of hydrogen-bond acceptors (Lipinski definition) is 6. The van der Waals surface area contributed by atoms with Gasteiger partial charge in [0.1, 0.15) is 6.04 Å². The van der Waals surface area contributed by atoms with E-state index in [0.717, 1.165) is 21.2 Å². The van der Waals surface area contributed by atoms with Crippen LogP contribution in [0.3, 0.4) is 0 Å². The summed E-state index contributed by atoms with van der Waals surface area (Å²) >= 11 is 2.85. The first-order valence-corrected chi connectivity index (χ1v) is 12.4. The molecule has 0 aliphatic carbocycles. The number of carbonyl (C=O) groups is 1. The molecule has 0 bridgehead atoms. The number of ether oxygens (including phenoxy) is 1. The smallest absolute Gasteiger partial charge is 0.338 e. The number of aromatic nitrogens is 1. The highest BCUT2D eigenvalue weighted by Gasteiger charge is 2.34. The van der Waals surface area contributed by atoms with Crippen LogP contribution < -0.4 is 14.9 Å². The van der Waals surface area contributed by atoms with Crippen molar-refractivity contribution in [1.29, 1.82) is 0 Å². The van der Waals surface area contributed by atoms with Gasteiger partial charge in [-0.1, -0.05) is 59.9 Å². The third-order valence-electron chi connectivity index (χ3n) is 5.51. The van der Waals surface area contributed by atoms with E-state index in [4.69, 9.17) is 4.74 Å². The molecule has 0 spiro atoms. The lowest BCUT2D eigenvalue weighted by molar-refractivity contribution is -0.143. The van der Waals surface area contributed by atoms with Gasteiger partial charge in [0.2, 0.25) is 0 Å². The molecular weight excluding hydrogens is 452 g/mol. The van der Waals surface area contributed by atoms with Crippen molar-refractivity contribution in [1.82, 2.24) is 4.57 Å². The molecule has 166 valence electrons. The number of nitrogens with zero attached hydrogens (tertiary/aromatic N) is 2. The molecule has 1 unspecified atom stereocenters. The van der Waals surface area contributed by atoms with Gasteiger partial charge in [0.05, 0.1) is 21.9 Å². The zero-order valence-electron chi connectivity index (χ0n) is 18.4. The van der Waals surface area contributed by atoms with E-state index in [1.54, 1.807) is 11.5 Å². The first-order valence-electron chi connectivity index (χ1n) is 10.7. The first-order chi connectivity index (χ1) is 15.9. The van der Waals surface area contributed by atoms with Crippen LogP contribution in [0.5, 0.6) is 0 Å². The van der Waals surface area contributed by atoms with Crippen molar-refractivity contribution in [3.8, 4) is 0 Å². The molecule has 1 aliphatic rings. The highest BCUT2D eigenvalue weighted by molar-refractivity contribution is 7.10. The summed E-state index contributed by atoms with van der Waals surface area (Å²) in [6.45, 7) is 5.43. The van der Waals surface area contributed by atoms with Crippen LogP contribution in [0.2, 0.25) is 0 Å². The maximum absolute atomic E-state index is 13.7. The van der Waals surface area contributed by atoms with Crippen LogP contribution in [-0.4, -0.2) is 16.6 Å². The zero-order valence-corrected chi connectivity index (χ0v) is 20.1. The van der Waals surface area contributed by atoms with E-state index in [-0.39, 0.29) is 11.7 Å². The zero-order chi connectivity index (χ0) is 23.1. The molecule has 4 aromatic rings. The second-order valence-corrected chi connectivity index (χ2v) is 10.1. The van der Waals surface area contributed by atoms with Crippen molar-refractivity contribution in [2.75, 3.05) is 0 Å². The largest absolute Gasteiger partial charge is 0.459 e. The average Bonchev–Trinajstić information content (AvgIpc) is 3.41. The van der Waals surface area contributed by atoms with Crippen LogP contribution in [0.4, 0.5) is 0 Å². The number of fused-ring (bicyclic) bond motifs is 2. The first kappa shape index (κ1) is 21.6. The number of carbonyl (C=O) groups excluding carboxylic acids is 1. The molecular formula is C26H22N2O3S2. The van der Waals surface area contributed by atoms with Gasteiger partial charge in [-0.15, -0.1) is 11.3 Å². The number of allylic oxidation sites excluding steroid dienone is 1. The predicted octanol–water partition coefficient (Wildman–Crippen LogP) is 4.40. The topological polar surface area (TPSA) is 60.7 Å². The van der Waals surface area contributed by atoms with E-state index in [1.165, 1.54) is 22.7 Å². The summed E-state index contributed by atoms with van der Waals surface area (Å²) in [5, 5.41) is 4.14. The molecule has 2 aromatic carbocycles. The Balaban J connectivity index is 1.73. The van der Waals surface area contributed by atoms with Gasteiger partial charge in [-0.2, -0.15) is 0 Å². The maximum Gasteiger partial charge on any atom is 0.338 e. The fourth-order valence-electron chi connectivity index (χ4n) is 4.09. The summed E-state index contributed by atoms with van der Waals surface area (Å²) < 4.78 is 7.74. The normalized spacial score (nSPS) is 16.2. The van der Waals surface area contributed by atoms with Crippen LogP contribution in [-0.2, 0) is 9.53 Å². The number of thiazole rings is 1. The van der Waals surface area contributed by atoms with Gasteiger partial charge < -0.3 is 4.74 Å². The van der Waals surface area contributed by atoms with Gasteiger partial charge in [-0.05, 0) is 54.6 Å². The van der Waals surface area contributed by atoms with Gasteiger partial charge in [0.15, 0.2) is 4.80 Å².